The van der Waals surface area contributed by atoms with Gasteiger partial charge in [0.1, 0.15) is 0 Å². The van der Waals surface area contributed by atoms with Crippen molar-refractivity contribution in [3.05, 3.63) is 24.0 Å². The molecule has 0 bridgehead atoms. The van der Waals surface area contributed by atoms with Gasteiger partial charge in [0.15, 0.2) is 0 Å². The van der Waals surface area contributed by atoms with E-state index in [2.05, 4.69) is 41.1 Å². The van der Waals surface area contributed by atoms with E-state index in [9.17, 15) is 0 Å². The zero-order valence-electron chi connectivity index (χ0n) is 8.09. The summed E-state index contributed by atoms with van der Waals surface area (Å²) >= 11 is 0. The first-order valence-corrected chi connectivity index (χ1v) is 4.66. The Morgan fingerprint density at radius 3 is 3.15 bits per heavy atom. The molecule has 1 rings (SSSR count). The van der Waals surface area contributed by atoms with Crippen LogP contribution in [0.1, 0.15) is 19.0 Å². The van der Waals surface area contributed by atoms with Crippen LogP contribution >= 0.6 is 0 Å². The minimum absolute atomic E-state index is 0.636. The summed E-state index contributed by atoms with van der Waals surface area (Å²) in [5.74, 6) is 2.56. The van der Waals surface area contributed by atoms with Gasteiger partial charge in [-0.1, -0.05) is 12.8 Å². The molecule has 0 saturated carbocycles. The number of hydrogen-bond donors (Lipinski definition) is 1. The number of nitrogens with one attached hydrogen (secondary N) is 1. The minimum Gasteiger partial charge on any atom is -0.350 e. The summed E-state index contributed by atoms with van der Waals surface area (Å²) in [7, 11) is 0. The molecule has 1 aromatic rings. The molecule has 0 spiro atoms. The third-order valence-electron chi connectivity index (χ3n) is 1.92. The Hall–Kier alpha value is -1.20. The highest BCUT2D eigenvalue weighted by Gasteiger charge is 1.97. The lowest BCUT2D eigenvalue weighted by molar-refractivity contribution is 0.621. The fourth-order valence-corrected chi connectivity index (χ4v) is 1.33. The predicted octanol–water partition coefficient (Wildman–Crippen LogP) is 1.62. The van der Waals surface area contributed by atoms with Crippen molar-refractivity contribution in [1.82, 2.24) is 9.88 Å². The van der Waals surface area contributed by atoms with Crippen LogP contribution < -0.4 is 5.32 Å². The van der Waals surface area contributed by atoms with Gasteiger partial charge in [-0.15, -0.1) is 6.42 Å². The van der Waals surface area contributed by atoms with E-state index in [-0.39, 0.29) is 0 Å². The predicted molar refractivity (Wildman–Crippen MR) is 55.3 cm³/mol. The molecule has 1 heterocycles. The molecule has 0 aliphatic rings. The van der Waals surface area contributed by atoms with Gasteiger partial charge in [0, 0.05) is 25.0 Å². The van der Waals surface area contributed by atoms with Crippen LogP contribution in [0.4, 0.5) is 0 Å². The second-order valence-electron chi connectivity index (χ2n) is 3.00. The molecule has 0 saturated heterocycles. The lowest BCUT2D eigenvalue weighted by atomic mass is 10.4. The molecule has 1 N–H and O–H groups in total. The third-order valence-corrected chi connectivity index (χ3v) is 1.92. The maximum atomic E-state index is 5.15. The molecule has 2 heteroatoms. The van der Waals surface area contributed by atoms with E-state index in [1.54, 1.807) is 0 Å². The van der Waals surface area contributed by atoms with Gasteiger partial charge in [-0.05, 0) is 18.6 Å². The number of rotatable bonds is 5. The smallest absolute Gasteiger partial charge is 0.0576 e. The molecule has 2 nitrogen and oxygen atoms in total. The zero-order valence-corrected chi connectivity index (χ0v) is 8.09. The van der Waals surface area contributed by atoms with Crippen molar-refractivity contribution in [2.45, 2.75) is 26.4 Å². The van der Waals surface area contributed by atoms with Crippen molar-refractivity contribution >= 4 is 0 Å². The summed E-state index contributed by atoms with van der Waals surface area (Å²) in [4.78, 5) is 0. The Bertz CT molecular complexity index is 281. The molecule has 0 radical (unpaired) electrons. The summed E-state index contributed by atoms with van der Waals surface area (Å²) < 4.78 is 2.25. The first-order chi connectivity index (χ1) is 6.38. The third kappa shape index (κ3) is 2.96. The highest BCUT2D eigenvalue weighted by Crippen LogP contribution is 2.02. The summed E-state index contributed by atoms with van der Waals surface area (Å²) in [6, 6.07) is 4.20. The van der Waals surface area contributed by atoms with Crippen molar-refractivity contribution < 1.29 is 0 Å². The van der Waals surface area contributed by atoms with Crippen molar-refractivity contribution in [3.63, 3.8) is 0 Å². The van der Waals surface area contributed by atoms with E-state index < -0.39 is 0 Å². The van der Waals surface area contributed by atoms with Crippen LogP contribution in [0.3, 0.4) is 0 Å². The lowest BCUT2D eigenvalue weighted by Crippen LogP contribution is -2.16. The topological polar surface area (TPSA) is 17.0 Å². The van der Waals surface area contributed by atoms with Crippen LogP contribution in [0.2, 0.25) is 0 Å². The van der Waals surface area contributed by atoms with Crippen LogP contribution in [-0.2, 0) is 13.1 Å². The number of aryl methyl sites for hydroxylation is 1. The quantitative estimate of drug-likeness (QED) is 0.533. The van der Waals surface area contributed by atoms with Crippen LogP contribution in [0.15, 0.2) is 18.3 Å². The van der Waals surface area contributed by atoms with E-state index in [1.165, 1.54) is 5.69 Å². The highest BCUT2D eigenvalue weighted by molar-refractivity contribution is 5.07. The summed E-state index contributed by atoms with van der Waals surface area (Å²) in [5, 5.41) is 3.18. The van der Waals surface area contributed by atoms with Crippen molar-refractivity contribution in [3.8, 4) is 12.3 Å². The Morgan fingerprint density at radius 1 is 1.62 bits per heavy atom. The van der Waals surface area contributed by atoms with Gasteiger partial charge in [0.2, 0.25) is 0 Å². The molecule has 0 amide bonds. The van der Waals surface area contributed by atoms with Gasteiger partial charge in [0.05, 0.1) is 6.54 Å². The molecular weight excluding hydrogens is 160 g/mol. The second kappa shape index (κ2) is 5.45. The first-order valence-electron chi connectivity index (χ1n) is 4.66. The van der Waals surface area contributed by atoms with Gasteiger partial charge in [0.25, 0.3) is 0 Å². The highest BCUT2D eigenvalue weighted by atomic mass is 15.0. The van der Waals surface area contributed by atoms with Crippen molar-refractivity contribution in [1.29, 1.82) is 0 Å². The molecule has 0 aromatic carbocycles. The monoisotopic (exact) mass is 176 g/mol. The fourth-order valence-electron chi connectivity index (χ4n) is 1.33. The average molecular weight is 176 g/mol. The Labute approximate surface area is 80.0 Å². The molecule has 0 unspecified atom stereocenters. The molecule has 0 aliphatic heterocycles. The maximum Gasteiger partial charge on any atom is 0.0576 e. The van der Waals surface area contributed by atoms with E-state index in [0.717, 1.165) is 19.5 Å². The Kier molecular flexibility index (Phi) is 4.14. The standard InChI is InChI=1S/C11H16N2/c1-3-7-12-10-11-6-5-9-13(11)8-4-2/h1,5-6,9,12H,4,7-8,10H2,2H3. The molecular formula is C11H16N2. The lowest BCUT2D eigenvalue weighted by Gasteiger charge is -2.07. The molecule has 13 heavy (non-hydrogen) atoms. The second-order valence-corrected chi connectivity index (χ2v) is 3.00. The first kappa shape index (κ1) is 9.88. The minimum atomic E-state index is 0.636. The van der Waals surface area contributed by atoms with Gasteiger partial charge >= 0.3 is 0 Å². The fraction of sp³-hybridized carbons (Fsp3) is 0.455. The summed E-state index contributed by atoms with van der Waals surface area (Å²) in [6.45, 7) is 4.76. The van der Waals surface area contributed by atoms with E-state index in [4.69, 9.17) is 6.42 Å². The number of terminal acetylenes is 1. The number of aromatic nitrogens is 1. The normalized spacial score (nSPS) is 9.85. The van der Waals surface area contributed by atoms with Crippen LogP contribution in [0.25, 0.3) is 0 Å². The van der Waals surface area contributed by atoms with Gasteiger partial charge in [-0.25, -0.2) is 0 Å². The van der Waals surface area contributed by atoms with Crippen LogP contribution in [0, 0.1) is 12.3 Å². The SMILES string of the molecule is C#CCNCc1cccn1CCC. The van der Waals surface area contributed by atoms with Gasteiger partial charge in [-0.3, -0.25) is 0 Å². The van der Waals surface area contributed by atoms with Crippen LogP contribution in [-0.4, -0.2) is 11.1 Å². The summed E-state index contributed by atoms with van der Waals surface area (Å²) in [5.41, 5.74) is 1.30. The average Bonchev–Trinajstić information content (AvgIpc) is 2.54. The molecule has 70 valence electrons. The molecule has 0 aliphatic carbocycles. The maximum absolute atomic E-state index is 5.15. The Balaban J connectivity index is 2.46. The zero-order chi connectivity index (χ0) is 9.52. The molecule has 0 atom stereocenters. The van der Waals surface area contributed by atoms with Gasteiger partial charge in [-0.2, -0.15) is 0 Å². The molecule has 1 aromatic heterocycles. The van der Waals surface area contributed by atoms with Crippen molar-refractivity contribution in [2.24, 2.45) is 0 Å². The van der Waals surface area contributed by atoms with E-state index >= 15 is 0 Å². The number of nitrogens with zero attached hydrogens (tertiary/aromatic N) is 1. The van der Waals surface area contributed by atoms with E-state index in [0.29, 0.717) is 6.54 Å². The van der Waals surface area contributed by atoms with E-state index in [1.807, 2.05) is 0 Å². The van der Waals surface area contributed by atoms with Crippen LogP contribution in [0.5, 0.6) is 0 Å². The number of hydrogen-bond acceptors (Lipinski definition) is 1. The molecule has 0 fully saturated rings. The summed E-state index contributed by atoms with van der Waals surface area (Å²) in [6.07, 6.45) is 8.42. The van der Waals surface area contributed by atoms with Gasteiger partial charge < -0.3 is 9.88 Å². The largest absolute Gasteiger partial charge is 0.350 e. The Morgan fingerprint density at radius 2 is 2.46 bits per heavy atom. The van der Waals surface area contributed by atoms with Crippen molar-refractivity contribution in [2.75, 3.05) is 6.54 Å².